The third-order valence-electron chi connectivity index (χ3n) is 5.14. The Hall–Kier alpha value is -4.02. The Kier molecular flexibility index (Phi) is 5.39. The average Bonchev–Trinajstić information content (AvgIpc) is 2.83. The second-order valence-electron chi connectivity index (χ2n) is 7.45. The van der Waals surface area contributed by atoms with E-state index in [1.165, 1.54) is 42.7 Å². The highest BCUT2D eigenvalue weighted by molar-refractivity contribution is 7.93. The highest BCUT2D eigenvalue weighted by atomic mass is 32.2. The third-order valence-corrected chi connectivity index (χ3v) is 7.96. The van der Waals surface area contributed by atoms with E-state index < -0.39 is 20.0 Å². The van der Waals surface area contributed by atoms with Crippen LogP contribution < -0.4 is 9.44 Å². The lowest BCUT2D eigenvalue weighted by atomic mass is 10.2. The fourth-order valence-electron chi connectivity index (χ4n) is 3.65. The molecule has 0 unspecified atom stereocenters. The maximum atomic E-state index is 13.1. The van der Waals surface area contributed by atoms with Crippen molar-refractivity contribution in [3.05, 3.63) is 97.3 Å². The molecule has 5 aromatic rings. The number of nitrogens with zero attached hydrogens (tertiary/aromatic N) is 2. The Morgan fingerprint density at radius 3 is 1.41 bits per heavy atom. The van der Waals surface area contributed by atoms with Crippen molar-refractivity contribution < 1.29 is 16.8 Å². The van der Waals surface area contributed by atoms with E-state index >= 15 is 0 Å². The van der Waals surface area contributed by atoms with Gasteiger partial charge in [0.15, 0.2) is 0 Å². The second kappa shape index (κ2) is 8.40. The number of rotatable bonds is 6. The van der Waals surface area contributed by atoms with Gasteiger partial charge in [-0.3, -0.25) is 19.4 Å². The summed E-state index contributed by atoms with van der Waals surface area (Å²) in [7, 11) is -7.96. The molecule has 2 aromatic heterocycles. The Balaban J connectivity index is 1.46. The van der Waals surface area contributed by atoms with Gasteiger partial charge in [0, 0.05) is 23.2 Å². The Morgan fingerprint density at radius 2 is 0.941 bits per heavy atom. The van der Waals surface area contributed by atoms with Gasteiger partial charge in [0.25, 0.3) is 20.0 Å². The van der Waals surface area contributed by atoms with Crippen molar-refractivity contribution in [1.29, 1.82) is 0 Å². The van der Waals surface area contributed by atoms with Crippen LogP contribution in [-0.2, 0) is 20.0 Å². The zero-order valence-corrected chi connectivity index (χ0v) is 19.2. The molecule has 170 valence electrons. The smallest absolute Gasteiger partial charge is 0.264 e. The third kappa shape index (κ3) is 4.16. The number of benzene rings is 3. The van der Waals surface area contributed by atoms with E-state index in [4.69, 9.17) is 0 Å². The fraction of sp³-hybridized carbons (Fsp3) is 0. The molecule has 0 aliphatic heterocycles. The minimum atomic E-state index is -3.98. The molecule has 3 aromatic carbocycles. The van der Waals surface area contributed by atoms with Gasteiger partial charge in [0.05, 0.1) is 22.4 Å². The molecule has 0 radical (unpaired) electrons. The summed E-state index contributed by atoms with van der Waals surface area (Å²) in [5, 5.41) is 1.38. The first-order valence-corrected chi connectivity index (χ1v) is 13.1. The molecule has 34 heavy (non-hydrogen) atoms. The Bertz CT molecular complexity index is 1620. The lowest BCUT2D eigenvalue weighted by Gasteiger charge is -2.13. The summed E-state index contributed by atoms with van der Waals surface area (Å²) in [6.45, 7) is 0. The van der Waals surface area contributed by atoms with E-state index in [2.05, 4.69) is 19.4 Å². The first-order chi connectivity index (χ1) is 16.3. The number of sulfonamides is 2. The van der Waals surface area contributed by atoms with Crippen molar-refractivity contribution in [2.45, 2.75) is 9.79 Å². The van der Waals surface area contributed by atoms with Crippen LogP contribution in [-0.4, -0.2) is 26.8 Å². The first-order valence-electron chi connectivity index (χ1n) is 10.2. The number of hydrogen-bond acceptors (Lipinski definition) is 6. The average molecular weight is 491 g/mol. The molecule has 0 spiro atoms. The van der Waals surface area contributed by atoms with Gasteiger partial charge >= 0.3 is 0 Å². The second-order valence-corrected chi connectivity index (χ2v) is 10.8. The van der Waals surface area contributed by atoms with Gasteiger partial charge in [-0.25, -0.2) is 16.8 Å². The topological polar surface area (TPSA) is 118 Å². The maximum absolute atomic E-state index is 13.1. The number of hydrogen-bond donors (Lipinski definition) is 2. The number of anilines is 2. The summed E-state index contributed by atoms with van der Waals surface area (Å²) in [6.07, 6.45) is 3.05. The van der Waals surface area contributed by atoms with Crippen molar-refractivity contribution in [2.24, 2.45) is 0 Å². The molecular formula is C24H18N4O4S2. The molecule has 0 fully saturated rings. The molecule has 0 aliphatic rings. The van der Waals surface area contributed by atoms with Gasteiger partial charge in [0.2, 0.25) is 0 Å². The minimum Gasteiger partial charge on any atom is -0.279 e. The van der Waals surface area contributed by atoms with Crippen molar-refractivity contribution in [3.8, 4) is 0 Å². The van der Waals surface area contributed by atoms with Crippen LogP contribution in [0.5, 0.6) is 0 Å². The monoisotopic (exact) mass is 490 g/mol. The van der Waals surface area contributed by atoms with E-state index in [1.807, 2.05) is 0 Å². The number of pyridine rings is 2. The van der Waals surface area contributed by atoms with Crippen LogP contribution in [0.4, 0.5) is 11.4 Å². The molecule has 8 nitrogen and oxygen atoms in total. The summed E-state index contributed by atoms with van der Waals surface area (Å²) < 4.78 is 57.3. The summed E-state index contributed by atoms with van der Waals surface area (Å²) in [4.78, 5) is 8.45. The summed E-state index contributed by atoms with van der Waals surface area (Å²) in [5.74, 6) is 0. The van der Waals surface area contributed by atoms with Crippen molar-refractivity contribution in [2.75, 3.05) is 9.44 Å². The lowest BCUT2D eigenvalue weighted by molar-refractivity contribution is 0.600. The van der Waals surface area contributed by atoms with Crippen LogP contribution in [0.15, 0.2) is 107 Å². The van der Waals surface area contributed by atoms with E-state index in [9.17, 15) is 16.8 Å². The zero-order valence-electron chi connectivity index (χ0n) is 17.6. The molecule has 5 rings (SSSR count). The number of para-hydroxylation sites is 2. The Morgan fingerprint density at radius 1 is 0.529 bits per heavy atom. The van der Waals surface area contributed by atoms with Gasteiger partial charge in [-0.15, -0.1) is 0 Å². The number of nitrogens with one attached hydrogen (secondary N) is 2. The molecular weight excluding hydrogens is 472 g/mol. The highest BCUT2D eigenvalue weighted by Gasteiger charge is 2.20. The van der Waals surface area contributed by atoms with Crippen molar-refractivity contribution >= 4 is 53.2 Å². The summed E-state index contributed by atoms with van der Waals surface area (Å²) in [6, 6.07) is 22.8. The van der Waals surface area contributed by atoms with Gasteiger partial charge in [-0.2, -0.15) is 0 Å². The number of fused-ring (bicyclic) bond motifs is 2. The molecule has 0 saturated heterocycles. The molecule has 2 N–H and O–H groups in total. The zero-order chi connectivity index (χ0) is 23.8. The van der Waals surface area contributed by atoms with E-state index in [-0.39, 0.29) is 21.2 Å². The SMILES string of the molecule is O=S(=O)(Nc1cccc(NS(=O)(=O)c2cccc3cccnc23)c1)c1cccc2cccnc12. The quantitative estimate of drug-likeness (QED) is 0.365. The summed E-state index contributed by atoms with van der Waals surface area (Å²) in [5.41, 5.74) is 1.09. The largest absolute Gasteiger partial charge is 0.279 e. The van der Waals surface area contributed by atoms with Crippen LogP contribution in [0.3, 0.4) is 0 Å². The maximum Gasteiger partial charge on any atom is 0.264 e. The van der Waals surface area contributed by atoms with Crippen molar-refractivity contribution in [1.82, 2.24) is 9.97 Å². The van der Waals surface area contributed by atoms with E-state index in [1.54, 1.807) is 54.6 Å². The first kappa shape index (κ1) is 21.8. The van der Waals surface area contributed by atoms with Crippen LogP contribution in [0.2, 0.25) is 0 Å². The van der Waals surface area contributed by atoms with Gasteiger partial charge in [-0.1, -0.05) is 42.5 Å². The predicted octanol–water partition coefficient (Wildman–Crippen LogP) is 4.38. The van der Waals surface area contributed by atoms with E-state index in [0.717, 1.165) is 0 Å². The summed E-state index contributed by atoms with van der Waals surface area (Å²) >= 11 is 0. The van der Waals surface area contributed by atoms with Crippen molar-refractivity contribution in [3.63, 3.8) is 0 Å². The molecule has 0 aliphatic carbocycles. The van der Waals surface area contributed by atoms with Gasteiger partial charge < -0.3 is 0 Å². The van der Waals surface area contributed by atoms with Crippen LogP contribution in [0.25, 0.3) is 21.8 Å². The van der Waals surface area contributed by atoms with E-state index in [0.29, 0.717) is 21.8 Å². The molecule has 0 saturated carbocycles. The number of aromatic nitrogens is 2. The minimum absolute atomic E-state index is 0.0263. The van der Waals surface area contributed by atoms with Gasteiger partial charge in [0.1, 0.15) is 9.79 Å². The lowest BCUT2D eigenvalue weighted by Crippen LogP contribution is -2.15. The molecule has 0 bridgehead atoms. The van der Waals surface area contributed by atoms with Crippen LogP contribution >= 0.6 is 0 Å². The predicted molar refractivity (Wildman–Crippen MR) is 132 cm³/mol. The normalized spacial score (nSPS) is 12.0. The highest BCUT2D eigenvalue weighted by Crippen LogP contribution is 2.27. The fourth-order valence-corrected chi connectivity index (χ4v) is 6.11. The molecule has 2 heterocycles. The molecule has 10 heteroatoms. The molecule has 0 atom stereocenters. The van der Waals surface area contributed by atoms with Gasteiger partial charge in [-0.05, 0) is 42.5 Å². The van der Waals surface area contributed by atoms with Crippen LogP contribution in [0, 0.1) is 0 Å². The standard InChI is InChI=1S/C24H18N4O4S2/c29-33(30,21-12-1-6-17-8-4-14-25-23(17)21)27-19-10-3-11-20(16-19)28-34(31,32)22-13-2-7-18-9-5-15-26-24(18)22/h1-16,27-28H. The Labute approximate surface area is 196 Å². The molecule has 0 amide bonds. The van der Waals surface area contributed by atoms with Crippen LogP contribution in [0.1, 0.15) is 0 Å².